The molecule has 0 aliphatic carbocycles. The van der Waals surface area contributed by atoms with Crippen molar-refractivity contribution in [1.82, 2.24) is 29.9 Å². The molecule has 2 aromatic carbocycles. The molecule has 2 aromatic heterocycles. The number of ether oxygens (including phenoxy) is 2. The van der Waals surface area contributed by atoms with Gasteiger partial charge in [0.25, 0.3) is 0 Å². The third-order valence-corrected chi connectivity index (χ3v) is 6.92. The Hall–Kier alpha value is -2.10. The first-order valence-electron chi connectivity index (χ1n) is 13.5. The zero-order valence-electron chi connectivity index (χ0n) is 22.6. The Kier molecular flexibility index (Phi) is 13.4. The van der Waals surface area contributed by atoms with Crippen molar-refractivity contribution in [2.75, 3.05) is 73.0 Å². The molecule has 4 aromatic rings. The average Bonchev–Trinajstić information content (AvgIpc) is 3.02. The van der Waals surface area contributed by atoms with E-state index in [0.29, 0.717) is 76.4 Å². The summed E-state index contributed by atoms with van der Waals surface area (Å²) in [7, 11) is 0. The van der Waals surface area contributed by atoms with Crippen molar-refractivity contribution in [1.29, 1.82) is 0 Å². The molecule has 2 aliphatic rings. The van der Waals surface area contributed by atoms with Crippen LogP contribution in [0.2, 0.25) is 10.6 Å². The molecular formula is C28H30Cl2N10Na2O2. The van der Waals surface area contributed by atoms with Crippen molar-refractivity contribution in [3.63, 3.8) is 0 Å². The number of nitrogens with zero attached hydrogens (tertiary/aromatic N) is 8. The summed E-state index contributed by atoms with van der Waals surface area (Å²) in [6.07, 6.45) is 4.09. The molecule has 12 nitrogen and oxygen atoms in total. The molecule has 0 atom stereocenters. The summed E-state index contributed by atoms with van der Waals surface area (Å²) in [5, 5.41) is 6.71. The van der Waals surface area contributed by atoms with E-state index in [-0.39, 0.29) is 69.7 Å². The SMILES string of the molecule is Clc1nc(Nc2ccc(C=Cc3ccc(Nc4nc(Cl)nc(N5CCOCC5)n4)cc3)cc2)nc(N2CCOCC2)n1.[NaH].[NaH]. The number of halogens is 2. The second-order valence-electron chi connectivity index (χ2n) is 9.48. The van der Waals surface area contributed by atoms with Crippen molar-refractivity contribution >= 4 is 130 Å². The fourth-order valence-electron chi connectivity index (χ4n) is 4.41. The first-order chi connectivity index (χ1) is 20.6. The standard InChI is InChI=1S/C28H28Cl2N10O2.2Na.2H/c29-23-33-25(37-27(35-23)39-11-15-41-16-12-39)31-21-7-3-19(4-8-21)1-2-20-5-9-22(10-6-20)32-26-34-24(30)36-28(38-26)40-13-17-42-18-14-40;;;;/h1-10H,11-18H2,(H,31,33,35,37)(H,32,34,36,38);;;;. The van der Waals surface area contributed by atoms with E-state index in [9.17, 15) is 0 Å². The van der Waals surface area contributed by atoms with Crippen LogP contribution in [0.25, 0.3) is 12.2 Å². The van der Waals surface area contributed by atoms with Crippen molar-refractivity contribution in [2.24, 2.45) is 0 Å². The molecule has 0 bridgehead atoms. The Bertz CT molecular complexity index is 1420. The van der Waals surface area contributed by atoms with E-state index in [2.05, 4.69) is 40.5 Å². The summed E-state index contributed by atoms with van der Waals surface area (Å²) in [6, 6.07) is 15.9. The van der Waals surface area contributed by atoms with E-state index in [1.54, 1.807) is 0 Å². The van der Waals surface area contributed by atoms with Crippen LogP contribution in [-0.4, -0.2) is 142 Å². The summed E-state index contributed by atoms with van der Waals surface area (Å²) in [5.41, 5.74) is 3.77. The quantitative estimate of drug-likeness (QED) is 0.214. The van der Waals surface area contributed by atoms with Crippen LogP contribution in [0.4, 0.5) is 35.2 Å². The van der Waals surface area contributed by atoms with E-state index in [1.165, 1.54) is 0 Å². The molecule has 0 unspecified atom stereocenters. The van der Waals surface area contributed by atoms with Crippen molar-refractivity contribution in [3.8, 4) is 0 Å². The molecule has 2 saturated heterocycles. The molecule has 2 aliphatic heterocycles. The van der Waals surface area contributed by atoms with Crippen molar-refractivity contribution in [3.05, 3.63) is 70.2 Å². The predicted molar refractivity (Wildman–Crippen MR) is 178 cm³/mol. The van der Waals surface area contributed by atoms with E-state index in [0.717, 1.165) is 22.5 Å². The van der Waals surface area contributed by atoms with Gasteiger partial charge in [-0.1, -0.05) is 36.4 Å². The van der Waals surface area contributed by atoms with Gasteiger partial charge >= 0.3 is 59.1 Å². The first-order valence-corrected chi connectivity index (χ1v) is 14.2. The van der Waals surface area contributed by atoms with Gasteiger partial charge in [0.05, 0.1) is 26.4 Å². The normalized spacial score (nSPS) is 15.0. The summed E-state index contributed by atoms with van der Waals surface area (Å²) in [4.78, 5) is 30.1. The molecule has 0 spiro atoms. The van der Waals surface area contributed by atoms with Crippen LogP contribution in [0.5, 0.6) is 0 Å². The van der Waals surface area contributed by atoms with Gasteiger partial charge in [0, 0.05) is 37.6 Å². The van der Waals surface area contributed by atoms with Gasteiger partial charge in [-0.3, -0.25) is 0 Å². The van der Waals surface area contributed by atoms with E-state index >= 15 is 0 Å². The molecular weight excluding hydrogens is 625 g/mol. The van der Waals surface area contributed by atoms with Crippen LogP contribution in [0.1, 0.15) is 11.1 Å². The summed E-state index contributed by atoms with van der Waals surface area (Å²) in [6.45, 7) is 5.38. The molecule has 44 heavy (non-hydrogen) atoms. The second-order valence-corrected chi connectivity index (χ2v) is 10.2. The topological polar surface area (TPSA) is 126 Å². The van der Waals surface area contributed by atoms with Crippen LogP contribution in [-0.2, 0) is 9.47 Å². The predicted octanol–water partition coefficient (Wildman–Crippen LogP) is 3.40. The number of aromatic nitrogens is 6. The number of morpholine rings is 2. The number of benzene rings is 2. The van der Waals surface area contributed by atoms with Gasteiger partial charge in [0.2, 0.25) is 34.4 Å². The molecule has 0 radical (unpaired) electrons. The fourth-order valence-corrected chi connectivity index (χ4v) is 4.72. The molecule has 4 heterocycles. The Morgan fingerprint density at radius 1 is 0.545 bits per heavy atom. The van der Waals surface area contributed by atoms with Crippen molar-refractivity contribution in [2.45, 2.75) is 0 Å². The number of hydrogen-bond donors (Lipinski definition) is 2. The minimum atomic E-state index is 0. The third-order valence-electron chi connectivity index (χ3n) is 6.58. The van der Waals surface area contributed by atoms with Crippen LogP contribution < -0.4 is 20.4 Å². The van der Waals surface area contributed by atoms with Crippen molar-refractivity contribution < 1.29 is 9.47 Å². The van der Waals surface area contributed by atoms with Gasteiger partial charge in [0.1, 0.15) is 0 Å². The summed E-state index contributed by atoms with van der Waals surface area (Å²) in [5.74, 6) is 1.86. The number of anilines is 6. The second kappa shape index (κ2) is 17.0. The molecule has 6 rings (SSSR count). The Morgan fingerprint density at radius 3 is 1.27 bits per heavy atom. The Balaban J connectivity index is 0.00000221. The van der Waals surface area contributed by atoms with Gasteiger partial charge in [-0.15, -0.1) is 0 Å². The average molecular weight is 656 g/mol. The van der Waals surface area contributed by atoms with Crippen LogP contribution >= 0.6 is 23.2 Å². The van der Waals surface area contributed by atoms with E-state index in [4.69, 9.17) is 32.7 Å². The van der Waals surface area contributed by atoms with Gasteiger partial charge in [-0.25, -0.2) is 0 Å². The molecule has 16 heteroatoms. The number of hydrogen-bond acceptors (Lipinski definition) is 12. The minimum absolute atomic E-state index is 0. The number of nitrogens with one attached hydrogen (secondary N) is 2. The Morgan fingerprint density at radius 2 is 0.909 bits per heavy atom. The van der Waals surface area contributed by atoms with Crippen LogP contribution in [0, 0.1) is 0 Å². The Labute approximate surface area is 309 Å². The van der Waals surface area contributed by atoms with E-state index < -0.39 is 0 Å². The van der Waals surface area contributed by atoms with Gasteiger partial charge in [-0.05, 0) is 58.6 Å². The van der Waals surface area contributed by atoms with E-state index in [1.807, 2.05) is 70.5 Å². The summed E-state index contributed by atoms with van der Waals surface area (Å²) >= 11 is 12.3. The molecule has 0 amide bonds. The summed E-state index contributed by atoms with van der Waals surface area (Å²) < 4.78 is 10.8. The maximum atomic E-state index is 6.16. The fraction of sp³-hybridized carbons (Fsp3) is 0.286. The first kappa shape index (κ1) is 34.8. The van der Waals surface area contributed by atoms with Gasteiger partial charge in [0.15, 0.2) is 0 Å². The van der Waals surface area contributed by atoms with Crippen LogP contribution in [0.15, 0.2) is 48.5 Å². The molecule has 0 saturated carbocycles. The van der Waals surface area contributed by atoms with Gasteiger partial charge in [-0.2, -0.15) is 29.9 Å². The third kappa shape index (κ3) is 9.70. The van der Waals surface area contributed by atoms with Crippen LogP contribution in [0.3, 0.4) is 0 Å². The van der Waals surface area contributed by atoms with Gasteiger partial charge < -0.3 is 29.9 Å². The zero-order chi connectivity index (χ0) is 28.7. The maximum absolute atomic E-state index is 6.16. The zero-order valence-corrected chi connectivity index (χ0v) is 24.1. The molecule has 2 fully saturated rings. The molecule has 2 N–H and O–H groups in total. The monoisotopic (exact) mass is 654 g/mol. The number of rotatable bonds is 8. The molecule has 220 valence electrons.